The van der Waals surface area contributed by atoms with Gasteiger partial charge in [0.15, 0.2) is 0 Å². The summed E-state index contributed by atoms with van der Waals surface area (Å²) in [5.74, 6) is -0.720. The summed E-state index contributed by atoms with van der Waals surface area (Å²) in [4.78, 5) is 42.7. The number of benzene rings is 3. The molecule has 0 saturated carbocycles. The van der Waals surface area contributed by atoms with Gasteiger partial charge in [-0.25, -0.2) is 13.2 Å². The van der Waals surface area contributed by atoms with Crippen molar-refractivity contribution in [1.82, 2.24) is 13.8 Å². The van der Waals surface area contributed by atoms with E-state index in [1.54, 1.807) is 27.7 Å². The summed E-state index contributed by atoms with van der Waals surface area (Å²) < 4.78 is 35.4. The van der Waals surface area contributed by atoms with E-state index in [4.69, 9.17) is 4.74 Å². The zero-order chi connectivity index (χ0) is 33.7. The molecule has 1 saturated heterocycles. The van der Waals surface area contributed by atoms with Crippen molar-refractivity contribution in [2.75, 3.05) is 33.3 Å². The topological polar surface area (TPSA) is 106 Å². The highest BCUT2D eigenvalue weighted by Gasteiger charge is 2.29. The Morgan fingerprint density at radius 1 is 0.915 bits per heavy atom. The fraction of sp³-hybridized carbons (Fsp3) is 0.361. The minimum Gasteiger partial charge on any atom is -0.464 e. The molecule has 9 nitrogen and oxygen atoms in total. The summed E-state index contributed by atoms with van der Waals surface area (Å²) in [5.41, 5.74) is 1.81. The minimum atomic E-state index is -3.64. The lowest BCUT2D eigenvalue weighted by Crippen LogP contribution is -2.40. The molecule has 11 heteroatoms. The Labute approximate surface area is 284 Å². The van der Waals surface area contributed by atoms with Crippen LogP contribution in [0.5, 0.6) is 0 Å². The van der Waals surface area contributed by atoms with Crippen LogP contribution in [0, 0.1) is 5.92 Å². The maximum absolute atomic E-state index is 13.9. The molecule has 0 N–H and O–H groups in total. The monoisotopic (exact) mass is 721 g/mol. The van der Waals surface area contributed by atoms with E-state index in [-0.39, 0.29) is 28.0 Å². The Morgan fingerprint density at radius 3 is 2.15 bits per heavy atom. The van der Waals surface area contributed by atoms with E-state index in [9.17, 15) is 22.8 Å². The zero-order valence-electron chi connectivity index (χ0n) is 26.9. The highest BCUT2D eigenvalue weighted by molar-refractivity contribution is 9.10. The molecule has 3 aromatic carbocycles. The van der Waals surface area contributed by atoms with Crippen LogP contribution in [0.2, 0.25) is 0 Å². The number of amides is 1. The lowest BCUT2D eigenvalue weighted by atomic mass is 9.93. The Kier molecular flexibility index (Phi) is 11.0. The second-order valence-electron chi connectivity index (χ2n) is 11.9. The van der Waals surface area contributed by atoms with E-state index in [0.29, 0.717) is 67.5 Å². The SMILES string of the molecule is CCCN(CCC)S(=O)(=O)c1ccc(C(=O)N2CCC(Cn3c(C(=O)OC)c(-c4ccccc4)c4cc(Br)ccc4c3=O)CC2)cc1. The highest BCUT2D eigenvalue weighted by Crippen LogP contribution is 2.34. The van der Waals surface area contributed by atoms with E-state index in [1.807, 2.05) is 56.3 Å². The smallest absolute Gasteiger partial charge is 0.355 e. The van der Waals surface area contributed by atoms with Crippen molar-refractivity contribution >= 4 is 48.6 Å². The van der Waals surface area contributed by atoms with Crippen LogP contribution in [-0.4, -0.2) is 67.4 Å². The van der Waals surface area contributed by atoms with Gasteiger partial charge in [-0.1, -0.05) is 60.1 Å². The van der Waals surface area contributed by atoms with Crippen LogP contribution in [0.3, 0.4) is 0 Å². The molecule has 4 aromatic rings. The molecule has 1 amide bonds. The fourth-order valence-electron chi connectivity index (χ4n) is 6.33. The average Bonchev–Trinajstić information content (AvgIpc) is 3.09. The van der Waals surface area contributed by atoms with Gasteiger partial charge in [-0.2, -0.15) is 4.31 Å². The minimum absolute atomic E-state index is 0.0345. The highest BCUT2D eigenvalue weighted by atomic mass is 79.9. The van der Waals surface area contributed by atoms with Gasteiger partial charge in [-0.3, -0.25) is 9.59 Å². The number of carbonyl (C=O) groups excluding carboxylic acids is 2. The van der Waals surface area contributed by atoms with Gasteiger partial charge in [0.25, 0.3) is 11.5 Å². The van der Waals surface area contributed by atoms with Crippen molar-refractivity contribution in [1.29, 1.82) is 0 Å². The van der Waals surface area contributed by atoms with Crippen LogP contribution in [-0.2, 0) is 21.3 Å². The van der Waals surface area contributed by atoms with Crippen LogP contribution in [0.15, 0.2) is 87.0 Å². The van der Waals surface area contributed by atoms with Crippen LogP contribution in [0.4, 0.5) is 0 Å². The summed E-state index contributed by atoms with van der Waals surface area (Å²) in [6.07, 6.45) is 2.70. The first-order valence-corrected chi connectivity index (χ1v) is 18.2. The number of aromatic nitrogens is 1. The molecular weight excluding hydrogens is 682 g/mol. The number of carbonyl (C=O) groups is 2. The Hall–Kier alpha value is -3.80. The normalized spacial score (nSPS) is 14.1. The number of pyridine rings is 1. The first-order valence-electron chi connectivity index (χ1n) is 16.0. The summed E-state index contributed by atoms with van der Waals surface area (Å²) in [7, 11) is -2.32. The molecule has 0 unspecified atom stereocenters. The third kappa shape index (κ3) is 7.22. The summed E-state index contributed by atoms with van der Waals surface area (Å²) >= 11 is 3.52. The lowest BCUT2D eigenvalue weighted by Gasteiger charge is -2.33. The van der Waals surface area contributed by atoms with Crippen molar-refractivity contribution in [2.45, 2.75) is 51.0 Å². The number of hydrogen-bond donors (Lipinski definition) is 0. The maximum Gasteiger partial charge on any atom is 0.355 e. The maximum atomic E-state index is 13.9. The summed E-state index contributed by atoms with van der Waals surface area (Å²) in [6, 6.07) is 21.1. The molecule has 5 rings (SSSR count). The molecular formula is C36H40BrN3O6S. The quantitative estimate of drug-likeness (QED) is 0.162. The van der Waals surface area contributed by atoms with E-state index < -0.39 is 16.0 Å². The van der Waals surface area contributed by atoms with Crippen molar-refractivity contribution in [3.8, 4) is 11.1 Å². The van der Waals surface area contributed by atoms with E-state index in [1.165, 1.54) is 23.5 Å². The number of likely N-dealkylation sites (tertiary alicyclic amines) is 1. The largest absolute Gasteiger partial charge is 0.464 e. The third-order valence-electron chi connectivity index (χ3n) is 8.70. The number of sulfonamides is 1. The number of rotatable bonds is 11. The number of esters is 1. The van der Waals surface area contributed by atoms with Crippen molar-refractivity contribution in [2.24, 2.45) is 5.92 Å². The fourth-order valence-corrected chi connectivity index (χ4v) is 8.31. The van der Waals surface area contributed by atoms with Gasteiger partial charge < -0.3 is 14.2 Å². The van der Waals surface area contributed by atoms with E-state index in [0.717, 1.165) is 22.9 Å². The first-order chi connectivity index (χ1) is 22.6. The van der Waals surface area contributed by atoms with Gasteiger partial charge in [0.05, 0.1) is 12.0 Å². The second kappa shape index (κ2) is 15.0. The number of halogens is 1. The second-order valence-corrected chi connectivity index (χ2v) is 14.7. The molecule has 1 aliphatic heterocycles. The molecule has 0 radical (unpaired) electrons. The zero-order valence-corrected chi connectivity index (χ0v) is 29.3. The van der Waals surface area contributed by atoms with E-state index in [2.05, 4.69) is 15.9 Å². The summed E-state index contributed by atoms with van der Waals surface area (Å²) in [6.45, 7) is 6.03. The van der Waals surface area contributed by atoms with E-state index >= 15 is 0 Å². The number of methoxy groups -OCH3 is 1. The van der Waals surface area contributed by atoms with Crippen molar-refractivity contribution < 1.29 is 22.7 Å². The molecule has 0 aliphatic carbocycles. The average molecular weight is 723 g/mol. The molecule has 1 fully saturated rings. The first kappa shape index (κ1) is 34.5. The van der Waals surface area contributed by atoms with Crippen LogP contribution in [0.25, 0.3) is 21.9 Å². The van der Waals surface area contributed by atoms with Gasteiger partial charge in [-0.15, -0.1) is 0 Å². The van der Waals surface area contributed by atoms with Gasteiger partial charge in [0, 0.05) is 53.7 Å². The predicted molar refractivity (Wildman–Crippen MR) is 187 cm³/mol. The van der Waals surface area contributed by atoms with Crippen molar-refractivity contribution in [3.05, 3.63) is 98.9 Å². The predicted octanol–water partition coefficient (Wildman–Crippen LogP) is 6.58. The molecule has 0 spiro atoms. The Balaban J connectivity index is 1.37. The van der Waals surface area contributed by atoms with Crippen LogP contribution in [0.1, 0.15) is 60.4 Å². The number of hydrogen-bond acceptors (Lipinski definition) is 6. The van der Waals surface area contributed by atoms with Gasteiger partial charge in [0.1, 0.15) is 5.69 Å². The molecule has 1 aromatic heterocycles. The number of fused-ring (bicyclic) bond motifs is 1. The number of ether oxygens (including phenoxy) is 1. The van der Waals surface area contributed by atoms with Gasteiger partial charge >= 0.3 is 5.97 Å². The lowest BCUT2D eigenvalue weighted by molar-refractivity contribution is 0.0584. The Bertz CT molecular complexity index is 1910. The Morgan fingerprint density at radius 2 is 1.55 bits per heavy atom. The van der Waals surface area contributed by atoms with Crippen LogP contribution < -0.4 is 5.56 Å². The summed E-state index contributed by atoms with van der Waals surface area (Å²) in [5, 5.41) is 1.17. The molecule has 1 aliphatic rings. The number of piperidine rings is 1. The number of nitrogens with zero attached hydrogens (tertiary/aromatic N) is 3. The molecule has 248 valence electrons. The van der Waals surface area contributed by atoms with Gasteiger partial charge in [0.2, 0.25) is 10.0 Å². The standard InChI is InChI=1S/C36H40BrN3O6S/c1-4-19-39(20-5-2)47(44,45)29-14-11-27(12-15-29)34(41)38-21-17-25(18-22-38)24-40-33(36(43)46-3)32(26-9-7-6-8-10-26)31-23-28(37)13-16-30(31)35(40)42/h6-16,23,25H,4-5,17-22,24H2,1-3H3. The molecule has 0 bridgehead atoms. The van der Waals surface area contributed by atoms with Crippen LogP contribution >= 0.6 is 15.9 Å². The molecule has 0 atom stereocenters. The van der Waals surface area contributed by atoms with Gasteiger partial charge in [-0.05, 0) is 85.0 Å². The third-order valence-corrected chi connectivity index (χ3v) is 11.1. The molecule has 47 heavy (non-hydrogen) atoms. The van der Waals surface area contributed by atoms with Crippen molar-refractivity contribution in [3.63, 3.8) is 0 Å². The molecule has 2 heterocycles.